The summed E-state index contributed by atoms with van der Waals surface area (Å²) < 4.78 is 7.09. The molecule has 2 aromatic heterocycles. The Labute approximate surface area is 143 Å². The molecule has 24 heavy (non-hydrogen) atoms. The second-order valence-electron chi connectivity index (χ2n) is 5.28. The summed E-state index contributed by atoms with van der Waals surface area (Å²) in [5.41, 5.74) is 1.14. The Bertz CT molecular complexity index is 834. The van der Waals surface area contributed by atoms with E-state index in [0.29, 0.717) is 29.4 Å². The molecule has 0 saturated carbocycles. The van der Waals surface area contributed by atoms with E-state index in [1.165, 1.54) is 4.52 Å². The first-order valence-electron chi connectivity index (χ1n) is 7.45. The Balaban J connectivity index is 1.49. The lowest BCUT2D eigenvalue weighted by atomic mass is 10.2. The molecule has 0 unspecified atom stereocenters. The van der Waals surface area contributed by atoms with Gasteiger partial charge in [0, 0.05) is 24.8 Å². The van der Waals surface area contributed by atoms with Gasteiger partial charge in [-0.1, -0.05) is 11.6 Å². The molecule has 0 aliphatic heterocycles. The Morgan fingerprint density at radius 3 is 2.83 bits per heavy atom. The molecule has 0 spiro atoms. The average Bonchev–Trinajstić information content (AvgIpc) is 3.07. The number of benzene rings is 1. The minimum Gasteiger partial charge on any atom is -0.494 e. The lowest BCUT2D eigenvalue weighted by Gasteiger charge is -2.17. The number of aromatic nitrogens is 4. The van der Waals surface area contributed by atoms with Crippen LogP contribution in [0.5, 0.6) is 5.75 Å². The predicted octanol–water partition coefficient (Wildman–Crippen LogP) is 2.32. The van der Waals surface area contributed by atoms with E-state index in [9.17, 15) is 4.79 Å². The summed E-state index contributed by atoms with van der Waals surface area (Å²) in [6.07, 6.45) is 2.34. The number of amides is 1. The summed E-state index contributed by atoms with van der Waals surface area (Å²) >= 11 is 5.82. The van der Waals surface area contributed by atoms with Gasteiger partial charge < -0.3 is 9.64 Å². The number of fused-ring (bicyclic) bond motifs is 1. The molecule has 1 amide bonds. The van der Waals surface area contributed by atoms with Crippen molar-refractivity contribution in [3.05, 3.63) is 53.2 Å². The van der Waals surface area contributed by atoms with Gasteiger partial charge in [-0.15, -0.1) is 5.10 Å². The molecule has 0 N–H and O–H groups in total. The minimum absolute atomic E-state index is 0.0844. The van der Waals surface area contributed by atoms with Crippen LogP contribution in [0.3, 0.4) is 0 Å². The molecule has 2 heterocycles. The molecular weight excluding hydrogens is 330 g/mol. The smallest absolute Gasteiger partial charge is 0.255 e. The topological polar surface area (TPSA) is 72.6 Å². The van der Waals surface area contributed by atoms with Gasteiger partial charge in [-0.25, -0.2) is 0 Å². The fourth-order valence-corrected chi connectivity index (χ4v) is 2.34. The molecule has 0 aliphatic rings. The molecule has 0 atom stereocenters. The zero-order valence-corrected chi connectivity index (χ0v) is 13.8. The van der Waals surface area contributed by atoms with Crippen molar-refractivity contribution in [2.75, 3.05) is 20.2 Å². The van der Waals surface area contributed by atoms with Crippen LogP contribution < -0.4 is 4.74 Å². The highest BCUT2D eigenvalue weighted by molar-refractivity contribution is 6.30. The molecule has 124 valence electrons. The van der Waals surface area contributed by atoms with Gasteiger partial charge in [-0.2, -0.15) is 4.52 Å². The van der Waals surface area contributed by atoms with E-state index in [-0.39, 0.29) is 5.91 Å². The molecule has 3 aromatic rings. The van der Waals surface area contributed by atoms with E-state index in [1.54, 1.807) is 42.4 Å². The number of hydrogen-bond donors (Lipinski definition) is 0. The highest BCUT2D eigenvalue weighted by atomic mass is 35.5. The van der Waals surface area contributed by atoms with Gasteiger partial charge in [0.25, 0.3) is 5.91 Å². The molecule has 0 saturated heterocycles. The first kappa shape index (κ1) is 16.2. The van der Waals surface area contributed by atoms with E-state index >= 15 is 0 Å². The predicted molar refractivity (Wildman–Crippen MR) is 89.3 cm³/mol. The summed E-state index contributed by atoms with van der Waals surface area (Å²) in [6, 6.07) is 10.6. The maximum absolute atomic E-state index is 12.4. The largest absolute Gasteiger partial charge is 0.494 e. The molecule has 0 bridgehead atoms. The number of nitrogens with zero attached hydrogens (tertiary/aromatic N) is 5. The van der Waals surface area contributed by atoms with E-state index < -0.39 is 0 Å². The Hall–Kier alpha value is -2.67. The van der Waals surface area contributed by atoms with Crippen LogP contribution >= 0.6 is 11.6 Å². The van der Waals surface area contributed by atoms with E-state index in [0.717, 1.165) is 12.2 Å². The molecule has 1 aromatic carbocycles. The fourth-order valence-electron chi connectivity index (χ4n) is 2.21. The van der Waals surface area contributed by atoms with Gasteiger partial charge >= 0.3 is 0 Å². The number of pyridine rings is 1. The quantitative estimate of drug-likeness (QED) is 0.641. The maximum Gasteiger partial charge on any atom is 0.255 e. The monoisotopic (exact) mass is 345 g/mol. The van der Waals surface area contributed by atoms with Crippen LogP contribution in [0.25, 0.3) is 5.65 Å². The number of carbonyl (C=O) groups is 1. The second kappa shape index (κ2) is 7.27. The summed E-state index contributed by atoms with van der Waals surface area (Å²) in [7, 11) is 1.76. The van der Waals surface area contributed by atoms with Crippen molar-refractivity contribution in [1.82, 2.24) is 24.9 Å². The van der Waals surface area contributed by atoms with Crippen molar-refractivity contribution in [2.45, 2.75) is 6.42 Å². The lowest BCUT2D eigenvalue weighted by Crippen LogP contribution is -2.28. The first-order valence-corrected chi connectivity index (χ1v) is 7.83. The molecular formula is C16H16ClN5O2. The van der Waals surface area contributed by atoms with Gasteiger partial charge in [-0.05, 0) is 53.2 Å². The number of tetrazole rings is 1. The minimum atomic E-state index is -0.0844. The molecule has 3 rings (SSSR count). The van der Waals surface area contributed by atoms with Crippen molar-refractivity contribution in [2.24, 2.45) is 0 Å². The summed E-state index contributed by atoms with van der Waals surface area (Å²) in [5.74, 6) is 0.677. The normalized spacial score (nSPS) is 10.8. The van der Waals surface area contributed by atoms with Crippen LogP contribution in [0.2, 0.25) is 5.02 Å². The molecule has 8 heteroatoms. The van der Waals surface area contributed by atoms with E-state index in [2.05, 4.69) is 15.5 Å². The van der Waals surface area contributed by atoms with Crippen LogP contribution in [-0.4, -0.2) is 51.0 Å². The van der Waals surface area contributed by atoms with Crippen molar-refractivity contribution in [3.63, 3.8) is 0 Å². The average molecular weight is 346 g/mol. The number of rotatable bonds is 6. The highest BCUT2D eigenvalue weighted by Crippen LogP contribution is 2.15. The van der Waals surface area contributed by atoms with Crippen molar-refractivity contribution < 1.29 is 9.53 Å². The van der Waals surface area contributed by atoms with E-state index in [4.69, 9.17) is 16.3 Å². The van der Waals surface area contributed by atoms with Crippen molar-refractivity contribution in [1.29, 1.82) is 0 Å². The van der Waals surface area contributed by atoms with Crippen molar-refractivity contribution >= 4 is 23.2 Å². The third-order valence-electron chi connectivity index (χ3n) is 3.51. The first-order chi connectivity index (χ1) is 11.6. The molecule has 0 radical (unpaired) electrons. The zero-order chi connectivity index (χ0) is 16.9. The number of halogens is 1. The SMILES string of the molecule is CN(CCCOc1ccc(Cl)cc1)C(=O)c1ccc2nnnn2c1. The molecule has 0 aliphatic carbocycles. The second-order valence-corrected chi connectivity index (χ2v) is 5.72. The Morgan fingerprint density at radius 2 is 2.04 bits per heavy atom. The number of carbonyl (C=O) groups excluding carboxylic acids is 1. The third-order valence-corrected chi connectivity index (χ3v) is 3.76. The molecule has 0 fully saturated rings. The van der Waals surface area contributed by atoms with Crippen molar-refractivity contribution in [3.8, 4) is 5.75 Å². The zero-order valence-electron chi connectivity index (χ0n) is 13.1. The maximum atomic E-state index is 12.4. The van der Waals surface area contributed by atoms with E-state index in [1.807, 2.05) is 12.1 Å². The Kier molecular flexibility index (Phi) is 4.90. The van der Waals surface area contributed by atoms with Gasteiger partial charge in [0.2, 0.25) is 0 Å². The van der Waals surface area contributed by atoms with Crippen LogP contribution in [0, 0.1) is 0 Å². The standard InChI is InChI=1S/C16H16ClN5O2/c1-21(9-2-10-24-14-6-4-13(17)5-7-14)16(23)12-3-8-15-18-19-20-22(15)11-12/h3-8,11H,2,9-10H2,1H3. The number of hydrogen-bond acceptors (Lipinski definition) is 5. The summed E-state index contributed by atoms with van der Waals surface area (Å²) in [5, 5.41) is 11.8. The van der Waals surface area contributed by atoms with Crippen LogP contribution in [0.1, 0.15) is 16.8 Å². The van der Waals surface area contributed by atoms with Crippen LogP contribution in [-0.2, 0) is 0 Å². The van der Waals surface area contributed by atoms with Gasteiger partial charge in [-0.3, -0.25) is 4.79 Å². The summed E-state index contributed by atoms with van der Waals surface area (Å²) in [4.78, 5) is 14.0. The third kappa shape index (κ3) is 3.80. The highest BCUT2D eigenvalue weighted by Gasteiger charge is 2.12. The number of ether oxygens (including phenoxy) is 1. The lowest BCUT2D eigenvalue weighted by molar-refractivity contribution is 0.0787. The fraction of sp³-hybridized carbons (Fsp3) is 0.250. The molecule has 7 nitrogen and oxygen atoms in total. The Morgan fingerprint density at radius 1 is 1.25 bits per heavy atom. The van der Waals surface area contributed by atoms with Crippen LogP contribution in [0.15, 0.2) is 42.6 Å². The van der Waals surface area contributed by atoms with Crippen LogP contribution in [0.4, 0.5) is 0 Å². The summed E-state index contributed by atoms with van der Waals surface area (Å²) in [6.45, 7) is 1.10. The van der Waals surface area contributed by atoms with Gasteiger partial charge in [0.15, 0.2) is 5.65 Å². The van der Waals surface area contributed by atoms with Gasteiger partial charge in [0.05, 0.1) is 12.2 Å². The van der Waals surface area contributed by atoms with Gasteiger partial charge in [0.1, 0.15) is 5.75 Å².